The first-order chi connectivity index (χ1) is 14.5. The van der Waals surface area contributed by atoms with Gasteiger partial charge >= 0.3 is 24.3 Å². The van der Waals surface area contributed by atoms with Gasteiger partial charge in [-0.15, -0.1) is 0 Å². The fourth-order valence-corrected chi connectivity index (χ4v) is 2.34. The largest absolute Gasteiger partial charge is 0.471 e. The highest BCUT2D eigenvalue weighted by Gasteiger charge is 2.38. The zero-order valence-corrected chi connectivity index (χ0v) is 19.8. The smallest absolute Gasteiger partial charge is 0.444 e. The highest BCUT2D eigenvalue weighted by molar-refractivity contribution is 5.81. The van der Waals surface area contributed by atoms with E-state index in [1.807, 2.05) is 0 Å². The molecule has 0 aliphatic carbocycles. The lowest BCUT2D eigenvalue weighted by molar-refractivity contribution is -0.173. The number of carbonyl (C=O) groups is 3. The number of ether oxygens (including phenoxy) is 2. The Morgan fingerprint density at radius 2 is 1.19 bits per heavy atom. The monoisotopic (exact) mass is 470 g/mol. The molecule has 0 rings (SSSR count). The molecule has 0 atom stereocenters. The van der Waals surface area contributed by atoms with Crippen molar-refractivity contribution in [2.24, 2.45) is 5.73 Å². The molecule has 0 heterocycles. The van der Waals surface area contributed by atoms with Gasteiger partial charge in [-0.2, -0.15) is 13.2 Å². The van der Waals surface area contributed by atoms with Gasteiger partial charge in [-0.05, 0) is 60.9 Å². The summed E-state index contributed by atoms with van der Waals surface area (Å²) in [6.07, 6.45) is -5.62. The van der Waals surface area contributed by atoms with Crippen LogP contribution in [-0.4, -0.2) is 84.5 Å². The number of nitrogens with two attached hydrogens (primary N) is 1. The highest BCUT2D eigenvalue weighted by Crippen LogP contribution is 2.15. The van der Waals surface area contributed by atoms with Gasteiger partial charge in [0.2, 0.25) is 0 Å². The first kappa shape index (κ1) is 29.8. The van der Waals surface area contributed by atoms with Crippen LogP contribution in [0.3, 0.4) is 0 Å². The molecule has 3 amide bonds. The third kappa shape index (κ3) is 13.9. The second-order valence-corrected chi connectivity index (χ2v) is 9.18. The molecule has 0 aliphatic rings. The molecule has 0 radical (unpaired) electrons. The van der Waals surface area contributed by atoms with Crippen LogP contribution in [0.2, 0.25) is 0 Å². The Balaban J connectivity index is 5.12. The number of hydrogen-bond donors (Lipinski definition) is 2. The normalized spacial score (nSPS) is 12.2. The molecule has 0 aromatic rings. The highest BCUT2D eigenvalue weighted by atomic mass is 19.4. The number of rotatable bonds is 10. The van der Waals surface area contributed by atoms with Crippen LogP contribution < -0.4 is 11.1 Å². The molecule has 0 spiro atoms. The maximum atomic E-state index is 12.6. The van der Waals surface area contributed by atoms with E-state index in [4.69, 9.17) is 15.2 Å². The van der Waals surface area contributed by atoms with E-state index in [1.54, 1.807) is 46.9 Å². The van der Waals surface area contributed by atoms with E-state index >= 15 is 0 Å². The lowest BCUT2D eigenvalue weighted by Gasteiger charge is -2.31. The minimum atomic E-state index is -4.97. The van der Waals surface area contributed by atoms with E-state index < -0.39 is 35.5 Å². The second kappa shape index (κ2) is 12.7. The van der Waals surface area contributed by atoms with Crippen LogP contribution in [0, 0.1) is 0 Å². The molecule has 0 aromatic heterocycles. The molecule has 32 heavy (non-hydrogen) atoms. The van der Waals surface area contributed by atoms with Crippen LogP contribution in [0.5, 0.6) is 0 Å². The molecule has 0 saturated carbocycles. The van der Waals surface area contributed by atoms with E-state index in [9.17, 15) is 27.6 Å². The predicted molar refractivity (Wildman–Crippen MR) is 113 cm³/mol. The molecule has 9 nitrogen and oxygen atoms in total. The summed E-state index contributed by atoms with van der Waals surface area (Å²) in [5, 5.41) is 1.76. The molecule has 0 saturated heterocycles. The molecule has 0 fully saturated rings. The van der Waals surface area contributed by atoms with Crippen molar-refractivity contribution in [3.63, 3.8) is 0 Å². The molecular weight excluding hydrogens is 433 g/mol. The summed E-state index contributed by atoms with van der Waals surface area (Å²) in [6.45, 7) is 10.8. The number of halogens is 3. The van der Waals surface area contributed by atoms with Crippen molar-refractivity contribution in [2.75, 3.05) is 39.3 Å². The Morgan fingerprint density at radius 1 is 0.781 bits per heavy atom. The minimum absolute atomic E-state index is 0.0199. The average Bonchev–Trinajstić information content (AvgIpc) is 2.58. The van der Waals surface area contributed by atoms with Crippen LogP contribution in [-0.2, 0) is 14.3 Å². The van der Waals surface area contributed by atoms with Gasteiger partial charge in [-0.25, -0.2) is 9.59 Å². The van der Waals surface area contributed by atoms with Gasteiger partial charge in [0.1, 0.15) is 11.2 Å². The summed E-state index contributed by atoms with van der Waals surface area (Å²) in [5.41, 5.74) is 4.04. The molecule has 188 valence electrons. The summed E-state index contributed by atoms with van der Waals surface area (Å²) in [4.78, 5) is 38.7. The first-order valence-electron chi connectivity index (χ1n) is 10.5. The lowest BCUT2D eigenvalue weighted by atomic mass is 10.2. The average molecular weight is 471 g/mol. The maximum Gasteiger partial charge on any atom is 0.471 e. The number of alkyl halides is 3. The van der Waals surface area contributed by atoms with Crippen LogP contribution >= 0.6 is 0 Å². The number of carbonyl (C=O) groups excluding carboxylic acids is 3. The number of nitrogens with zero attached hydrogens (tertiary/aromatic N) is 2. The molecule has 0 unspecified atom stereocenters. The maximum absolute atomic E-state index is 12.6. The Labute approximate surface area is 187 Å². The number of hydrogen-bond acceptors (Lipinski definition) is 6. The third-order valence-corrected chi connectivity index (χ3v) is 3.72. The van der Waals surface area contributed by atoms with Crippen LogP contribution in [0.4, 0.5) is 22.8 Å². The first-order valence-corrected chi connectivity index (χ1v) is 10.5. The Bertz CT molecular complexity index is 616. The summed E-state index contributed by atoms with van der Waals surface area (Å²) < 4.78 is 47.6. The summed E-state index contributed by atoms with van der Waals surface area (Å²) >= 11 is 0. The molecule has 0 bridgehead atoms. The summed E-state index contributed by atoms with van der Waals surface area (Å²) in [6, 6.07) is 0. The van der Waals surface area contributed by atoms with Gasteiger partial charge in [0, 0.05) is 32.7 Å². The number of nitrogens with one attached hydrogen (secondary N) is 1. The molecule has 3 N–H and O–H groups in total. The van der Waals surface area contributed by atoms with Crippen molar-refractivity contribution in [3.8, 4) is 0 Å². The van der Waals surface area contributed by atoms with Crippen LogP contribution in [0.25, 0.3) is 0 Å². The Hall–Kier alpha value is -2.24. The van der Waals surface area contributed by atoms with Gasteiger partial charge in [-0.3, -0.25) is 4.79 Å². The minimum Gasteiger partial charge on any atom is -0.444 e. The topological polar surface area (TPSA) is 114 Å². The molecule has 0 aromatic carbocycles. The summed E-state index contributed by atoms with van der Waals surface area (Å²) in [7, 11) is 0. The molecule has 0 aliphatic heterocycles. The van der Waals surface area contributed by atoms with Crippen molar-refractivity contribution in [3.05, 3.63) is 0 Å². The van der Waals surface area contributed by atoms with E-state index in [2.05, 4.69) is 0 Å². The van der Waals surface area contributed by atoms with Crippen molar-refractivity contribution in [1.82, 2.24) is 15.1 Å². The van der Waals surface area contributed by atoms with Crippen molar-refractivity contribution < 1.29 is 37.0 Å². The molecule has 12 heteroatoms. The van der Waals surface area contributed by atoms with Gasteiger partial charge in [0.05, 0.1) is 0 Å². The number of amides is 3. The van der Waals surface area contributed by atoms with E-state index in [0.717, 1.165) is 0 Å². The van der Waals surface area contributed by atoms with Crippen molar-refractivity contribution in [2.45, 2.75) is 71.8 Å². The fourth-order valence-electron chi connectivity index (χ4n) is 2.34. The van der Waals surface area contributed by atoms with Gasteiger partial charge < -0.3 is 30.3 Å². The zero-order chi connectivity index (χ0) is 25.2. The van der Waals surface area contributed by atoms with Crippen LogP contribution in [0.1, 0.15) is 54.4 Å². The van der Waals surface area contributed by atoms with Crippen LogP contribution in [0.15, 0.2) is 0 Å². The van der Waals surface area contributed by atoms with Gasteiger partial charge in [-0.1, -0.05) is 0 Å². The quantitative estimate of drug-likeness (QED) is 0.475. The predicted octanol–water partition coefficient (Wildman–Crippen LogP) is 2.88. The van der Waals surface area contributed by atoms with Crippen molar-refractivity contribution in [1.29, 1.82) is 0 Å². The lowest BCUT2D eigenvalue weighted by Crippen LogP contribution is -2.46. The standard InChI is InChI=1S/C20H37F3N4O5/c1-18(2,3)31-16(29)26(11-7-9-24)13-14-27(17(30)32-19(4,5)6)12-8-10-25-15(28)20(21,22)23/h7-14,24H2,1-6H3,(H,25,28). The second-order valence-electron chi connectivity index (χ2n) is 9.18. The van der Waals surface area contributed by atoms with E-state index in [1.165, 1.54) is 9.80 Å². The van der Waals surface area contributed by atoms with Gasteiger partial charge in [0.15, 0.2) is 0 Å². The summed E-state index contributed by atoms with van der Waals surface area (Å²) in [5.74, 6) is -2.04. The van der Waals surface area contributed by atoms with E-state index in [-0.39, 0.29) is 32.6 Å². The SMILES string of the molecule is CC(C)(C)OC(=O)N(CCCN)CCN(CCCNC(=O)C(F)(F)F)C(=O)OC(C)(C)C. The third-order valence-electron chi connectivity index (χ3n) is 3.72. The van der Waals surface area contributed by atoms with E-state index in [0.29, 0.717) is 19.5 Å². The Kier molecular flexibility index (Phi) is 11.8. The fraction of sp³-hybridized carbons (Fsp3) is 0.850. The molecular formula is C20H37F3N4O5. The zero-order valence-electron chi connectivity index (χ0n) is 19.8. The van der Waals surface area contributed by atoms with Gasteiger partial charge in [0.25, 0.3) is 0 Å². The Morgan fingerprint density at radius 3 is 1.53 bits per heavy atom. The van der Waals surface area contributed by atoms with Crippen molar-refractivity contribution >= 4 is 18.1 Å².